The Hall–Kier alpha value is -0.730. The van der Waals surface area contributed by atoms with E-state index >= 15 is 0 Å². The van der Waals surface area contributed by atoms with E-state index in [0.717, 1.165) is 0 Å². The molecule has 1 fully saturated rings. The molecule has 0 unspecified atom stereocenters. The highest BCUT2D eigenvalue weighted by molar-refractivity contribution is 5.73. The molecule has 1 aliphatic heterocycles. The van der Waals surface area contributed by atoms with E-state index in [4.69, 9.17) is 14.6 Å². The number of aliphatic hydroxyl groups excluding tert-OH is 3. The van der Waals surface area contributed by atoms with Crippen molar-refractivity contribution >= 4 is 5.91 Å². The van der Waals surface area contributed by atoms with Gasteiger partial charge in [-0.3, -0.25) is 4.79 Å². The molecule has 0 aromatic rings. The fourth-order valence-corrected chi connectivity index (χ4v) is 1.92. The third-order valence-electron chi connectivity index (χ3n) is 2.72. The molecule has 0 saturated carbocycles. The van der Waals surface area contributed by atoms with Crippen molar-refractivity contribution in [1.29, 1.82) is 0 Å². The van der Waals surface area contributed by atoms with Gasteiger partial charge in [0.25, 0.3) is 0 Å². The lowest BCUT2D eigenvalue weighted by Gasteiger charge is -2.44. The molecule has 7 nitrogen and oxygen atoms in total. The van der Waals surface area contributed by atoms with Gasteiger partial charge in [0.2, 0.25) is 5.91 Å². The summed E-state index contributed by atoms with van der Waals surface area (Å²) in [5, 5.41) is 31.4. The first-order chi connectivity index (χ1) is 8.65. The molecule has 0 aromatic carbocycles. The minimum atomic E-state index is -1.29. The zero-order valence-electron chi connectivity index (χ0n) is 11.7. The maximum absolute atomic E-state index is 11.2. The SMILES string of the molecule is CC(=O)N[C@H]1[C@H](OC(C)(C)C)O[C@H](CO)[C@@H](O)[C@@H]1O. The Balaban J connectivity index is 2.89. The van der Waals surface area contributed by atoms with Crippen LogP contribution in [0.25, 0.3) is 0 Å². The van der Waals surface area contributed by atoms with E-state index in [1.807, 2.05) is 0 Å². The van der Waals surface area contributed by atoms with Crippen molar-refractivity contribution in [3.63, 3.8) is 0 Å². The summed E-state index contributed by atoms with van der Waals surface area (Å²) in [5.74, 6) is -0.371. The molecule has 1 rings (SSSR count). The van der Waals surface area contributed by atoms with Gasteiger partial charge >= 0.3 is 0 Å². The number of ether oxygens (including phenoxy) is 2. The number of amides is 1. The van der Waals surface area contributed by atoms with E-state index in [-0.39, 0.29) is 5.91 Å². The largest absolute Gasteiger partial charge is 0.394 e. The fraction of sp³-hybridized carbons (Fsp3) is 0.917. The highest BCUT2D eigenvalue weighted by Gasteiger charge is 2.46. The molecule has 1 saturated heterocycles. The molecular weight excluding hydrogens is 254 g/mol. The van der Waals surface area contributed by atoms with Crippen LogP contribution in [0.2, 0.25) is 0 Å². The molecule has 7 heteroatoms. The summed E-state index contributed by atoms with van der Waals surface area (Å²) in [6, 6.07) is -0.894. The molecule has 4 N–H and O–H groups in total. The molecule has 1 heterocycles. The van der Waals surface area contributed by atoms with Gasteiger partial charge in [-0.1, -0.05) is 0 Å². The maximum Gasteiger partial charge on any atom is 0.217 e. The Bertz CT molecular complexity index is 316. The van der Waals surface area contributed by atoms with Gasteiger partial charge in [0.05, 0.1) is 12.2 Å². The lowest BCUT2D eigenvalue weighted by atomic mass is 9.96. The van der Waals surface area contributed by atoms with Gasteiger partial charge in [0.1, 0.15) is 24.4 Å². The van der Waals surface area contributed by atoms with Crippen molar-refractivity contribution in [1.82, 2.24) is 5.32 Å². The lowest BCUT2D eigenvalue weighted by Crippen LogP contribution is -2.65. The van der Waals surface area contributed by atoms with Crippen molar-refractivity contribution in [2.75, 3.05) is 6.61 Å². The van der Waals surface area contributed by atoms with Gasteiger partial charge in [-0.2, -0.15) is 0 Å². The topological polar surface area (TPSA) is 108 Å². The molecule has 5 atom stereocenters. The smallest absolute Gasteiger partial charge is 0.217 e. The van der Waals surface area contributed by atoms with Crippen molar-refractivity contribution in [2.45, 2.75) is 63.9 Å². The molecule has 0 spiro atoms. The maximum atomic E-state index is 11.2. The predicted molar refractivity (Wildman–Crippen MR) is 66.2 cm³/mol. The zero-order chi connectivity index (χ0) is 14.8. The standard InChI is InChI=1S/C12H23NO6/c1-6(15)13-8-10(17)9(16)7(5-14)18-11(8)19-12(2,3)4/h7-11,14,16-17H,5H2,1-4H3,(H,13,15)/t7-,8-,9-,10-,11+/m1/s1. The first-order valence-electron chi connectivity index (χ1n) is 6.23. The van der Waals surface area contributed by atoms with E-state index in [0.29, 0.717) is 0 Å². The first-order valence-corrected chi connectivity index (χ1v) is 6.23. The minimum Gasteiger partial charge on any atom is -0.394 e. The van der Waals surface area contributed by atoms with Gasteiger partial charge in [-0.25, -0.2) is 0 Å². The van der Waals surface area contributed by atoms with E-state index in [1.165, 1.54) is 6.92 Å². The van der Waals surface area contributed by atoms with Crippen molar-refractivity contribution in [2.24, 2.45) is 0 Å². The van der Waals surface area contributed by atoms with Crippen LogP contribution in [-0.2, 0) is 14.3 Å². The van der Waals surface area contributed by atoms with Crippen molar-refractivity contribution in [3.8, 4) is 0 Å². The molecule has 0 radical (unpaired) electrons. The summed E-state index contributed by atoms with van der Waals surface area (Å²) in [4.78, 5) is 11.2. The van der Waals surface area contributed by atoms with Gasteiger partial charge in [-0.15, -0.1) is 0 Å². The average Bonchev–Trinajstić information content (AvgIpc) is 2.26. The molecule has 1 amide bonds. The van der Waals surface area contributed by atoms with Crippen LogP contribution in [0, 0.1) is 0 Å². The van der Waals surface area contributed by atoms with E-state index in [9.17, 15) is 15.0 Å². The minimum absolute atomic E-state index is 0.371. The molecule has 112 valence electrons. The predicted octanol–water partition coefficient (Wildman–Crippen LogP) is -1.25. The van der Waals surface area contributed by atoms with Gasteiger partial charge in [0.15, 0.2) is 6.29 Å². The molecule has 0 bridgehead atoms. The van der Waals surface area contributed by atoms with Gasteiger partial charge < -0.3 is 30.1 Å². The van der Waals surface area contributed by atoms with E-state index < -0.39 is 42.9 Å². The second-order valence-corrected chi connectivity index (χ2v) is 5.66. The van der Waals surface area contributed by atoms with Gasteiger partial charge in [0, 0.05) is 6.92 Å². The monoisotopic (exact) mass is 277 g/mol. The number of aliphatic hydroxyl groups is 3. The zero-order valence-corrected chi connectivity index (χ0v) is 11.7. The second-order valence-electron chi connectivity index (χ2n) is 5.66. The van der Waals surface area contributed by atoms with E-state index in [1.54, 1.807) is 20.8 Å². The lowest BCUT2D eigenvalue weighted by molar-refractivity contribution is -0.292. The molecule has 0 aromatic heterocycles. The number of carbonyl (C=O) groups excluding carboxylic acids is 1. The highest BCUT2D eigenvalue weighted by atomic mass is 16.7. The summed E-state index contributed by atoms with van der Waals surface area (Å²) in [7, 11) is 0. The van der Waals surface area contributed by atoms with Crippen LogP contribution in [0.15, 0.2) is 0 Å². The van der Waals surface area contributed by atoms with Crippen LogP contribution in [0.4, 0.5) is 0 Å². The number of rotatable bonds is 3. The Morgan fingerprint density at radius 2 is 1.89 bits per heavy atom. The Labute approximate surface area is 112 Å². The first kappa shape index (κ1) is 16.3. The van der Waals surface area contributed by atoms with Crippen LogP contribution >= 0.6 is 0 Å². The Morgan fingerprint density at radius 3 is 2.32 bits per heavy atom. The van der Waals surface area contributed by atoms with Crippen molar-refractivity contribution < 1.29 is 29.6 Å². The normalized spacial score (nSPS) is 36.1. The third-order valence-corrected chi connectivity index (χ3v) is 2.72. The summed E-state index contributed by atoms with van der Waals surface area (Å²) in [5.41, 5.74) is -0.566. The Kier molecular flexibility index (Phi) is 5.28. The van der Waals surface area contributed by atoms with Crippen LogP contribution in [0.3, 0.4) is 0 Å². The number of nitrogens with one attached hydrogen (secondary N) is 1. The molecule has 0 aliphatic carbocycles. The fourth-order valence-electron chi connectivity index (χ4n) is 1.92. The summed E-state index contributed by atoms with van der Waals surface area (Å²) < 4.78 is 11.0. The van der Waals surface area contributed by atoms with Crippen LogP contribution in [0.5, 0.6) is 0 Å². The number of hydrogen-bond donors (Lipinski definition) is 4. The molecule has 1 aliphatic rings. The molecule has 19 heavy (non-hydrogen) atoms. The summed E-state index contributed by atoms with van der Waals surface area (Å²) >= 11 is 0. The Morgan fingerprint density at radius 1 is 1.32 bits per heavy atom. The number of carbonyl (C=O) groups is 1. The third kappa shape index (κ3) is 4.39. The second kappa shape index (κ2) is 6.15. The van der Waals surface area contributed by atoms with Crippen LogP contribution in [-0.4, -0.2) is 64.1 Å². The van der Waals surface area contributed by atoms with E-state index in [2.05, 4.69) is 5.32 Å². The van der Waals surface area contributed by atoms with Crippen LogP contribution < -0.4 is 5.32 Å². The highest BCUT2D eigenvalue weighted by Crippen LogP contribution is 2.25. The van der Waals surface area contributed by atoms with Crippen LogP contribution in [0.1, 0.15) is 27.7 Å². The summed E-state index contributed by atoms with van der Waals surface area (Å²) in [6.07, 6.45) is -4.46. The van der Waals surface area contributed by atoms with Gasteiger partial charge in [-0.05, 0) is 20.8 Å². The quantitative estimate of drug-likeness (QED) is 0.513. The van der Waals surface area contributed by atoms with Crippen molar-refractivity contribution in [3.05, 3.63) is 0 Å². The molecular formula is C12H23NO6. The average molecular weight is 277 g/mol. The number of hydrogen-bond acceptors (Lipinski definition) is 6. The summed E-state index contributed by atoms with van der Waals surface area (Å²) in [6.45, 7) is 6.24.